The van der Waals surface area contributed by atoms with Crippen molar-refractivity contribution in [3.8, 4) is 11.5 Å². The first-order chi connectivity index (χ1) is 14.0. The minimum Gasteiger partial charge on any atom is -0.457 e. The fraction of sp³-hybridized carbons (Fsp3) is 0.130. The van der Waals surface area contributed by atoms with E-state index >= 15 is 0 Å². The number of nitrogens with two attached hydrogens (primary N) is 1. The number of hydrogen-bond acceptors (Lipinski definition) is 3. The number of nitrogens with one attached hydrogen (secondary N) is 1. The average Bonchev–Trinajstić information content (AvgIpc) is 2.73. The standard InChI is InChI=1S/C23H21FN2O3/c24-18-12-10-16(11-13-18)14-17(22(25)27)15-26-23(28)20-8-4-5-9-21(20)29-19-6-2-1-3-7-19/h1-13,17H,14-15H2,(H2,25,27)(H,26,28). The zero-order chi connectivity index (χ0) is 20.6. The average molecular weight is 392 g/mol. The molecule has 3 N–H and O–H groups in total. The maximum absolute atomic E-state index is 13.1. The Hall–Kier alpha value is -3.67. The van der Waals surface area contributed by atoms with Crippen LogP contribution in [0.5, 0.6) is 11.5 Å². The van der Waals surface area contributed by atoms with E-state index in [1.165, 1.54) is 12.1 Å². The van der Waals surface area contributed by atoms with E-state index < -0.39 is 11.8 Å². The smallest absolute Gasteiger partial charge is 0.255 e. The lowest BCUT2D eigenvalue weighted by molar-refractivity contribution is -0.121. The van der Waals surface area contributed by atoms with Gasteiger partial charge in [0, 0.05) is 6.54 Å². The summed E-state index contributed by atoms with van der Waals surface area (Å²) in [5.74, 6) is -0.867. The maximum atomic E-state index is 13.1. The van der Waals surface area contributed by atoms with Gasteiger partial charge in [-0.3, -0.25) is 9.59 Å². The SMILES string of the molecule is NC(=O)C(CNC(=O)c1ccccc1Oc1ccccc1)Cc1ccc(F)cc1. The highest BCUT2D eigenvalue weighted by Gasteiger charge is 2.19. The molecule has 0 spiro atoms. The van der Waals surface area contributed by atoms with Crippen molar-refractivity contribution < 1.29 is 18.7 Å². The number of carbonyl (C=O) groups excluding carboxylic acids is 2. The van der Waals surface area contributed by atoms with Crippen LogP contribution in [0.3, 0.4) is 0 Å². The Morgan fingerprint density at radius 2 is 1.59 bits per heavy atom. The van der Waals surface area contributed by atoms with E-state index in [0.29, 0.717) is 23.5 Å². The van der Waals surface area contributed by atoms with Gasteiger partial charge < -0.3 is 15.8 Å². The van der Waals surface area contributed by atoms with Crippen LogP contribution in [0, 0.1) is 11.7 Å². The molecule has 0 saturated carbocycles. The van der Waals surface area contributed by atoms with Crippen LogP contribution in [0.2, 0.25) is 0 Å². The molecule has 0 aliphatic heterocycles. The Kier molecular flexibility index (Phi) is 6.58. The van der Waals surface area contributed by atoms with E-state index in [-0.39, 0.29) is 18.3 Å². The molecule has 1 unspecified atom stereocenters. The number of ether oxygens (including phenoxy) is 1. The maximum Gasteiger partial charge on any atom is 0.255 e. The third-order valence-electron chi connectivity index (χ3n) is 4.41. The molecule has 0 fully saturated rings. The van der Waals surface area contributed by atoms with E-state index in [0.717, 1.165) is 5.56 Å². The summed E-state index contributed by atoms with van der Waals surface area (Å²) in [5, 5.41) is 2.74. The lowest BCUT2D eigenvalue weighted by Crippen LogP contribution is -2.37. The summed E-state index contributed by atoms with van der Waals surface area (Å²) in [6, 6.07) is 21.8. The van der Waals surface area contributed by atoms with Crippen LogP contribution in [0.25, 0.3) is 0 Å². The van der Waals surface area contributed by atoms with E-state index in [1.54, 1.807) is 48.5 Å². The second kappa shape index (κ2) is 9.50. The van der Waals surface area contributed by atoms with Crippen molar-refractivity contribution in [2.24, 2.45) is 11.7 Å². The predicted octanol–water partition coefficient (Wildman–Crippen LogP) is 3.69. The summed E-state index contributed by atoms with van der Waals surface area (Å²) in [7, 11) is 0. The van der Waals surface area contributed by atoms with Gasteiger partial charge in [0.2, 0.25) is 5.91 Å². The summed E-state index contributed by atoms with van der Waals surface area (Å²) in [6.45, 7) is 0.0607. The van der Waals surface area contributed by atoms with Crippen LogP contribution in [0.1, 0.15) is 15.9 Å². The highest BCUT2D eigenvalue weighted by molar-refractivity contribution is 5.97. The number of primary amides is 1. The van der Waals surface area contributed by atoms with Crippen LogP contribution < -0.4 is 15.8 Å². The van der Waals surface area contributed by atoms with Crippen molar-refractivity contribution in [3.63, 3.8) is 0 Å². The minimum absolute atomic E-state index is 0.0607. The molecular formula is C23H21FN2O3. The Morgan fingerprint density at radius 3 is 2.28 bits per heavy atom. The van der Waals surface area contributed by atoms with Gasteiger partial charge in [-0.25, -0.2) is 4.39 Å². The van der Waals surface area contributed by atoms with Crippen LogP contribution in [-0.2, 0) is 11.2 Å². The second-order valence-electron chi connectivity index (χ2n) is 6.55. The number of hydrogen-bond donors (Lipinski definition) is 2. The molecule has 3 rings (SSSR count). The molecule has 0 aliphatic rings. The molecule has 3 aromatic rings. The monoisotopic (exact) mass is 392 g/mol. The topological polar surface area (TPSA) is 81.4 Å². The zero-order valence-corrected chi connectivity index (χ0v) is 15.7. The molecule has 0 radical (unpaired) electrons. The van der Waals surface area contributed by atoms with Gasteiger partial charge in [0.15, 0.2) is 0 Å². The number of para-hydroxylation sites is 2. The summed E-state index contributed by atoms with van der Waals surface area (Å²) < 4.78 is 18.9. The molecule has 2 amide bonds. The molecule has 5 nitrogen and oxygen atoms in total. The fourth-order valence-corrected chi connectivity index (χ4v) is 2.85. The molecule has 1 atom stereocenters. The van der Waals surface area contributed by atoms with Crippen molar-refractivity contribution in [2.45, 2.75) is 6.42 Å². The van der Waals surface area contributed by atoms with Crippen molar-refractivity contribution in [1.29, 1.82) is 0 Å². The largest absolute Gasteiger partial charge is 0.457 e. The molecule has 29 heavy (non-hydrogen) atoms. The first-order valence-corrected chi connectivity index (χ1v) is 9.17. The summed E-state index contributed by atoms with van der Waals surface area (Å²) in [6.07, 6.45) is 0.304. The van der Waals surface area contributed by atoms with Gasteiger partial charge in [0.25, 0.3) is 5.91 Å². The lowest BCUT2D eigenvalue weighted by atomic mass is 9.98. The molecule has 3 aromatic carbocycles. The molecule has 148 valence electrons. The van der Waals surface area contributed by atoms with Gasteiger partial charge in [0.1, 0.15) is 17.3 Å². The van der Waals surface area contributed by atoms with Gasteiger partial charge in [-0.2, -0.15) is 0 Å². The van der Waals surface area contributed by atoms with Gasteiger partial charge in [-0.15, -0.1) is 0 Å². The predicted molar refractivity (Wildman–Crippen MR) is 108 cm³/mol. The second-order valence-corrected chi connectivity index (χ2v) is 6.55. The summed E-state index contributed by atoms with van der Waals surface area (Å²) in [5.41, 5.74) is 6.59. The fourth-order valence-electron chi connectivity index (χ4n) is 2.85. The number of rotatable bonds is 8. The third-order valence-corrected chi connectivity index (χ3v) is 4.41. The number of benzene rings is 3. The first-order valence-electron chi connectivity index (χ1n) is 9.17. The van der Waals surface area contributed by atoms with Gasteiger partial charge in [-0.1, -0.05) is 42.5 Å². The molecule has 0 bridgehead atoms. The quantitative estimate of drug-likeness (QED) is 0.613. The van der Waals surface area contributed by atoms with Gasteiger partial charge >= 0.3 is 0 Å². The van der Waals surface area contributed by atoms with Crippen molar-refractivity contribution in [3.05, 3.63) is 95.8 Å². The Bertz CT molecular complexity index is 975. The highest BCUT2D eigenvalue weighted by atomic mass is 19.1. The molecule has 0 heterocycles. The summed E-state index contributed by atoms with van der Waals surface area (Å²) >= 11 is 0. The normalized spacial score (nSPS) is 11.5. The highest BCUT2D eigenvalue weighted by Crippen LogP contribution is 2.25. The molecular weight excluding hydrogens is 371 g/mol. The number of carbonyl (C=O) groups is 2. The van der Waals surface area contributed by atoms with E-state index in [4.69, 9.17) is 10.5 Å². The molecule has 0 aliphatic carbocycles. The van der Waals surface area contributed by atoms with Gasteiger partial charge in [-0.05, 0) is 48.4 Å². The van der Waals surface area contributed by atoms with E-state index in [2.05, 4.69) is 5.32 Å². The van der Waals surface area contributed by atoms with Crippen molar-refractivity contribution >= 4 is 11.8 Å². The van der Waals surface area contributed by atoms with Crippen LogP contribution in [-0.4, -0.2) is 18.4 Å². The molecule has 0 aromatic heterocycles. The Balaban J connectivity index is 1.67. The number of amides is 2. The number of halogens is 1. The summed E-state index contributed by atoms with van der Waals surface area (Å²) in [4.78, 5) is 24.5. The Morgan fingerprint density at radius 1 is 0.931 bits per heavy atom. The third kappa shape index (κ3) is 5.65. The van der Waals surface area contributed by atoms with Crippen LogP contribution in [0.15, 0.2) is 78.9 Å². The molecule has 0 saturated heterocycles. The van der Waals surface area contributed by atoms with Crippen LogP contribution >= 0.6 is 0 Å². The van der Waals surface area contributed by atoms with Gasteiger partial charge in [0.05, 0.1) is 11.5 Å². The van der Waals surface area contributed by atoms with Crippen molar-refractivity contribution in [2.75, 3.05) is 6.54 Å². The minimum atomic E-state index is -0.619. The van der Waals surface area contributed by atoms with E-state index in [1.807, 2.05) is 18.2 Å². The first kappa shape index (κ1) is 20.1. The lowest BCUT2D eigenvalue weighted by Gasteiger charge is -2.16. The van der Waals surface area contributed by atoms with E-state index in [9.17, 15) is 14.0 Å². The van der Waals surface area contributed by atoms with Crippen molar-refractivity contribution in [1.82, 2.24) is 5.32 Å². The molecule has 6 heteroatoms. The Labute approximate surface area is 168 Å². The zero-order valence-electron chi connectivity index (χ0n) is 15.7. The van der Waals surface area contributed by atoms with Crippen LogP contribution in [0.4, 0.5) is 4.39 Å².